The van der Waals surface area contributed by atoms with E-state index in [-0.39, 0.29) is 41.7 Å². The van der Waals surface area contributed by atoms with Crippen LogP contribution in [0.4, 0.5) is 13.6 Å². The number of nitrogens with zero attached hydrogens (tertiary/aromatic N) is 4. The van der Waals surface area contributed by atoms with Gasteiger partial charge in [0.15, 0.2) is 12.4 Å². The van der Waals surface area contributed by atoms with Crippen molar-refractivity contribution in [2.45, 2.75) is 62.8 Å². The van der Waals surface area contributed by atoms with Crippen LogP contribution in [-0.2, 0) is 26.5 Å². The number of hydrogen-bond acceptors (Lipinski definition) is 7. The molecule has 0 bridgehead atoms. The molecule has 40 heavy (non-hydrogen) atoms. The molecule has 1 fully saturated rings. The number of fused-ring (bicyclic) bond motifs is 1. The molecule has 0 aliphatic heterocycles. The first-order chi connectivity index (χ1) is 19.0. The van der Waals surface area contributed by atoms with E-state index in [0.29, 0.717) is 22.3 Å². The Kier molecular flexibility index (Phi) is 9.62. The fourth-order valence-corrected chi connectivity index (χ4v) is 5.85. The van der Waals surface area contributed by atoms with Crippen molar-refractivity contribution in [3.05, 3.63) is 47.8 Å². The lowest BCUT2D eigenvalue weighted by Gasteiger charge is -2.22. The van der Waals surface area contributed by atoms with Crippen LogP contribution >= 0.6 is 0 Å². The standard InChI is InChI=1S/C28H34F2N4O5S/c1-19-22(31-14-13-24(19)39-18-28(2,29)30)17-40(37)26-32-21-11-7-8-12-23(21)34(26)27(36)33(3)15-16-38-25(35)20-9-5-4-6-10-20/h7-8,11-14,20H,4-6,9-10,15-18H2,1-3H3/t40-/m1/s1. The molecule has 4 rings (SSSR count). The first-order valence-corrected chi connectivity index (χ1v) is 14.6. The van der Waals surface area contributed by atoms with Gasteiger partial charge in [0.2, 0.25) is 0 Å². The Hall–Kier alpha value is -3.25. The van der Waals surface area contributed by atoms with Gasteiger partial charge in [0.05, 0.1) is 29.2 Å². The normalized spacial score (nSPS) is 15.2. The molecule has 12 heteroatoms. The van der Waals surface area contributed by atoms with E-state index >= 15 is 0 Å². The Bertz CT molecular complexity index is 1340. The van der Waals surface area contributed by atoms with Crippen LogP contribution in [0.2, 0.25) is 0 Å². The second-order valence-corrected chi connectivity index (χ2v) is 11.5. The van der Waals surface area contributed by atoms with E-state index in [9.17, 15) is 22.9 Å². The minimum atomic E-state index is -3.01. The SMILES string of the molecule is Cc1c(OCC(C)(F)F)ccnc1C[S@@+]([O-])c1nc2ccccc2n1C(=O)N(C)CCOC(=O)C1CCCCC1. The van der Waals surface area contributed by atoms with E-state index in [1.165, 1.54) is 21.7 Å². The quantitative estimate of drug-likeness (QED) is 0.244. The van der Waals surface area contributed by atoms with Crippen LogP contribution in [0.3, 0.4) is 0 Å². The zero-order valence-electron chi connectivity index (χ0n) is 22.9. The molecule has 1 aliphatic rings. The molecule has 2 heterocycles. The Labute approximate surface area is 235 Å². The van der Waals surface area contributed by atoms with Crippen LogP contribution in [-0.4, -0.2) is 68.7 Å². The van der Waals surface area contributed by atoms with Crippen LogP contribution in [0.5, 0.6) is 5.75 Å². The van der Waals surface area contributed by atoms with Crippen LogP contribution in [0.15, 0.2) is 41.7 Å². The second-order valence-electron chi connectivity index (χ2n) is 10.2. The van der Waals surface area contributed by atoms with Crippen molar-refractivity contribution in [2.24, 2.45) is 5.92 Å². The van der Waals surface area contributed by atoms with E-state index in [2.05, 4.69) is 9.97 Å². The van der Waals surface area contributed by atoms with Gasteiger partial charge in [0.25, 0.3) is 5.92 Å². The summed E-state index contributed by atoms with van der Waals surface area (Å²) >= 11 is -1.82. The largest absolute Gasteiger partial charge is 0.609 e. The van der Waals surface area contributed by atoms with E-state index in [4.69, 9.17) is 9.47 Å². The van der Waals surface area contributed by atoms with Gasteiger partial charge in [-0.15, -0.1) is 0 Å². The van der Waals surface area contributed by atoms with Gasteiger partial charge in [-0.25, -0.2) is 18.1 Å². The summed E-state index contributed by atoms with van der Waals surface area (Å²) in [6, 6.07) is 7.94. The number of likely N-dealkylation sites (N-methyl/N-ethyl adjacent to an activating group) is 1. The fourth-order valence-electron chi connectivity index (χ4n) is 4.60. The van der Waals surface area contributed by atoms with Crippen LogP contribution in [0.25, 0.3) is 11.0 Å². The summed E-state index contributed by atoms with van der Waals surface area (Å²) in [6.07, 6.45) is 6.24. The molecule has 1 saturated carbocycles. The molecule has 0 spiro atoms. The molecule has 2 aromatic heterocycles. The monoisotopic (exact) mass is 576 g/mol. The number of esters is 1. The number of para-hydroxylation sites is 2. The number of pyridine rings is 1. The molecule has 216 valence electrons. The average molecular weight is 577 g/mol. The number of rotatable bonds is 10. The van der Waals surface area contributed by atoms with Gasteiger partial charge in [-0.2, -0.15) is 4.98 Å². The van der Waals surface area contributed by atoms with Crippen molar-refractivity contribution in [3.63, 3.8) is 0 Å². The molecule has 1 aromatic carbocycles. The van der Waals surface area contributed by atoms with Crippen molar-refractivity contribution in [3.8, 4) is 5.75 Å². The highest BCUT2D eigenvalue weighted by molar-refractivity contribution is 7.90. The van der Waals surface area contributed by atoms with Crippen molar-refractivity contribution >= 4 is 34.2 Å². The van der Waals surface area contributed by atoms with Crippen molar-refractivity contribution < 1.29 is 32.4 Å². The Morgan fingerprint density at radius 1 is 1.20 bits per heavy atom. The molecular formula is C28H34F2N4O5S. The average Bonchev–Trinajstić information content (AvgIpc) is 3.32. The summed E-state index contributed by atoms with van der Waals surface area (Å²) in [4.78, 5) is 36.1. The highest BCUT2D eigenvalue weighted by atomic mass is 32.2. The number of ether oxygens (including phenoxy) is 2. The van der Waals surface area contributed by atoms with Gasteiger partial charge in [-0.3, -0.25) is 9.78 Å². The smallest absolute Gasteiger partial charge is 0.333 e. The summed E-state index contributed by atoms with van der Waals surface area (Å²) in [5, 5.41) is 0.0323. The molecule has 1 amide bonds. The Morgan fingerprint density at radius 2 is 1.93 bits per heavy atom. The Balaban J connectivity index is 1.49. The third kappa shape index (κ3) is 7.28. The highest BCUT2D eigenvalue weighted by Crippen LogP contribution is 2.28. The molecule has 0 saturated heterocycles. The number of amides is 1. The van der Waals surface area contributed by atoms with Gasteiger partial charge in [-0.1, -0.05) is 31.4 Å². The maximum absolute atomic E-state index is 13.6. The van der Waals surface area contributed by atoms with Crippen molar-refractivity contribution in [1.82, 2.24) is 19.4 Å². The summed E-state index contributed by atoms with van der Waals surface area (Å²) in [7, 11) is 1.58. The molecule has 0 radical (unpaired) electrons. The van der Waals surface area contributed by atoms with E-state index in [1.54, 1.807) is 38.2 Å². The molecule has 1 atom stereocenters. The first kappa shape index (κ1) is 29.7. The van der Waals surface area contributed by atoms with E-state index in [0.717, 1.165) is 39.0 Å². The van der Waals surface area contributed by atoms with Crippen molar-refractivity contribution in [1.29, 1.82) is 0 Å². The van der Waals surface area contributed by atoms with Gasteiger partial charge >= 0.3 is 17.2 Å². The lowest BCUT2D eigenvalue weighted by Crippen LogP contribution is -2.36. The van der Waals surface area contributed by atoms with Crippen LogP contribution in [0.1, 0.15) is 50.3 Å². The topological polar surface area (TPSA) is 110 Å². The number of aromatic nitrogens is 3. The van der Waals surface area contributed by atoms with E-state index in [1.807, 2.05) is 0 Å². The maximum Gasteiger partial charge on any atom is 0.333 e. The minimum Gasteiger partial charge on any atom is -0.609 e. The number of benzene rings is 1. The molecular weight excluding hydrogens is 542 g/mol. The zero-order valence-corrected chi connectivity index (χ0v) is 23.7. The third-order valence-electron chi connectivity index (χ3n) is 6.87. The Morgan fingerprint density at radius 3 is 2.65 bits per heavy atom. The molecule has 1 aliphatic carbocycles. The number of imidazole rings is 1. The molecule has 9 nitrogen and oxygen atoms in total. The zero-order chi connectivity index (χ0) is 28.9. The molecule has 3 aromatic rings. The predicted molar refractivity (Wildman–Crippen MR) is 146 cm³/mol. The number of alkyl halides is 2. The van der Waals surface area contributed by atoms with E-state index < -0.39 is 29.7 Å². The summed E-state index contributed by atoms with van der Waals surface area (Å²) in [5.41, 5.74) is 1.83. The lowest BCUT2D eigenvalue weighted by atomic mass is 9.89. The second kappa shape index (κ2) is 12.9. The number of carbonyl (C=O) groups is 2. The van der Waals surface area contributed by atoms with Gasteiger partial charge in [0.1, 0.15) is 12.4 Å². The number of carbonyl (C=O) groups excluding carboxylic acids is 2. The van der Waals surface area contributed by atoms with Gasteiger partial charge < -0.3 is 18.9 Å². The van der Waals surface area contributed by atoms with Crippen molar-refractivity contribution in [2.75, 3.05) is 26.8 Å². The predicted octanol–water partition coefficient (Wildman–Crippen LogP) is 5.10. The minimum absolute atomic E-state index is 0.0323. The summed E-state index contributed by atoms with van der Waals surface area (Å²) in [5.74, 6) is -3.21. The van der Waals surface area contributed by atoms with Crippen LogP contribution < -0.4 is 4.74 Å². The fraction of sp³-hybridized carbons (Fsp3) is 0.500. The first-order valence-electron chi connectivity index (χ1n) is 13.3. The van der Waals surface area contributed by atoms with Gasteiger partial charge in [0, 0.05) is 36.9 Å². The highest BCUT2D eigenvalue weighted by Gasteiger charge is 2.30. The van der Waals surface area contributed by atoms with Gasteiger partial charge in [-0.05, 0) is 38.0 Å². The lowest BCUT2D eigenvalue weighted by molar-refractivity contribution is -0.149. The third-order valence-corrected chi connectivity index (χ3v) is 8.09. The maximum atomic E-state index is 13.6. The summed E-state index contributed by atoms with van der Waals surface area (Å²) < 4.78 is 52.2. The summed E-state index contributed by atoms with van der Waals surface area (Å²) in [6.45, 7) is 1.82. The number of halogens is 2. The molecule has 0 unspecified atom stereocenters. The van der Waals surface area contributed by atoms with Crippen LogP contribution in [0, 0.1) is 12.8 Å². The number of hydrogen-bond donors (Lipinski definition) is 0. The molecule has 0 N–H and O–H groups in total.